The summed E-state index contributed by atoms with van der Waals surface area (Å²) in [5.74, 6) is 0.0287. The van der Waals surface area contributed by atoms with Crippen LogP contribution in [0.3, 0.4) is 0 Å². The quantitative estimate of drug-likeness (QED) is 0.145. The van der Waals surface area contributed by atoms with Crippen molar-refractivity contribution < 1.29 is 28.0 Å². The monoisotopic (exact) mass is 763 g/mol. The van der Waals surface area contributed by atoms with Crippen molar-refractivity contribution >= 4 is 39.0 Å². The summed E-state index contributed by atoms with van der Waals surface area (Å²) in [6.07, 6.45) is 13.2. The molecule has 1 aromatic heterocycles. The van der Waals surface area contributed by atoms with Gasteiger partial charge in [0.25, 0.3) is 11.8 Å². The van der Waals surface area contributed by atoms with Gasteiger partial charge in [0.1, 0.15) is 21.2 Å². The molecule has 2 heterocycles. The maximum atomic E-state index is 14.3. The molecule has 3 aromatic rings. The third-order valence-electron chi connectivity index (χ3n) is 10.9. The number of ether oxygens (including phenoxy) is 3. The highest BCUT2D eigenvalue weighted by molar-refractivity contribution is 7.92. The Bertz CT molecular complexity index is 2000. The van der Waals surface area contributed by atoms with Crippen molar-refractivity contribution in [2.24, 2.45) is 23.2 Å². The average molecular weight is 764 g/mol. The van der Waals surface area contributed by atoms with Gasteiger partial charge in [0, 0.05) is 49.4 Å². The van der Waals surface area contributed by atoms with E-state index in [0.717, 1.165) is 49.4 Å². The van der Waals surface area contributed by atoms with Gasteiger partial charge in [-0.2, -0.15) is 0 Å². The van der Waals surface area contributed by atoms with E-state index in [2.05, 4.69) is 37.8 Å². The molecule has 1 spiro atoms. The van der Waals surface area contributed by atoms with E-state index in [1.165, 1.54) is 29.1 Å². The Hall–Kier alpha value is -4.13. The maximum absolute atomic E-state index is 14.3. The van der Waals surface area contributed by atoms with Crippen LogP contribution in [-0.4, -0.2) is 71.6 Å². The number of fused-ring (bicyclic) bond motifs is 3. The van der Waals surface area contributed by atoms with Crippen LogP contribution in [0.2, 0.25) is 5.02 Å². The molecular weight excluding hydrogens is 714 g/mol. The smallest absolute Gasteiger partial charge is 0.286 e. The zero-order valence-corrected chi connectivity index (χ0v) is 32.6. The number of allylic oxidation sites excluding steroid dienone is 2. The van der Waals surface area contributed by atoms with Gasteiger partial charge in [0.05, 0.1) is 31.3 Å². The number of anilines is 1. The topological polar surface area (TPSA) is 124 Å². The molecule has 1 aliphatic heterocycles. The Morgan fingerprint density at radius 1 is 1.25 bits per heavy atom. The number of nitrogens with zero attached hydrogens (tertiary/aromatic N) is 4. The second-order valence-electron chi connectivity index (χ2n) is 14.3. The van der Waals surface area contributed by atoms with Gasteiger partial charge in [-0.15, -0.1) is 16.0 Å². The highest BCUT2D eigenvalue weighted by Crippen LogP contribution is 2.47. The van der Waals surface area contributed by atoms with Gasteiger partial charge in [-0.05, 0) is 105 Å². The number of hydrogen-bond donors (Lipinski definition) is 1. The molecule has 5 atom stereocenters. The fourth-order valence-corrected chi connectivity index (χ4v) is 9.84. The first-order valence-corrected chi connectivity index (χ1v) is 20.3. The molecule has 0 radical (unpaired) electrons. The third kappa shape index (κ3) is 8.34. The van der Waals surface area contributed by atoms with Crippen LogP contribution in [-0.2, 0) is 33.5 Å². The van der Waals surface area contributed by atoms with Gasteiger partial charge in [-0.3, -0.25) is 19.0 Å². The Morgan fingerprint density at radius 2 is 2.08 bits per heavy atom. The van der Waals surface area contributed by atoms with E-state index in [1.807, 2.05) is 37.3 Å². The lowest BCUT2D eigenvalue weighted by atomic mass is 9.68. The molecule has 3 aliphatic rings. The molecule has 2 aliphatic carbocycles. The lowest BCUT2D eigenvalue weighted by Crippen LogP contribution is -2.49. The molecular formula is C40H50ClN5O6S. The SMILES string of the molecule is C=CC(OC)[C@@H]1CC[C@H]1CN1C[C@@]2(CCCc3cc(Cl)ccc32)COc2ccc(C(=O)N=S(=O)(CCC/C=C\C)NC(=O)c3cn(C)nc3OC)cc21. The number of unbranched alkanes of at least 4 members (excludes halogenated alkanes) is 1. The number of aromatic nitrogens is 2. The second kappa shape index (κ2) is 16.5. The predicted molar refractivity (Wildman–Crippen MR) is 208 cm³/mol. The van der Waals surface area contributed by atoms with E-state index >= 15 is 0 Å². The molecule has 1 N–H and O–H groups in total. The van der Waals surface area contributed by atoms with E-state index in [9.17, 15) is 13.8 Å². The highest BCUT2D eigenvalue weighted by atomic mass is 35.5. The summed E-state index contributed by atoms with van der Waals surface area (Å²) < 4.78 is 40.3. The molecule has 1 saturated carbocycles. The van der Waals surface area contributed by atoms with Gasteiger partial charge >= 0.3 is 0 Å². The van der Waals surface area contributed by atoms with Crippen LogP contribution < -0.4 is 19.1 Å². The number of carbonyl (C=O) groups excluding carboxylic acids is 2. The highest BCUT2D eigenvalue weighted by Gasteiger charge is 2.44. The average Bonchev–Trinajstić information content (AvgIpc) is 3.45. The summed E-state index contributed by atoms with van der Waals surface area (Å²) in [7, 11) is 1.23. The Kier molecular flexibility index (Phi) is 12.0. The Labute approximate surface area is 318 Å². The lowest BCUT2D eigenvalue weighted by molar-refractivity contribution is 0.0135. The number of carbonyl (C=O) groups is 2. The number of amides is 2. The van der Waals surface area contributed by atoms with Crippen LogP contribution in [0.4, 0.5) is 5.69 Å². The molecule has 0 bridgehead atoms. The number of rotatable bonds is 13. The number of halogens is 1. The van der Waals surface area contributed by atoms with Crippen molar-refractivity contribution in [3.63, 3.8) is 0 Å². The first-order chi connectivity index (χ1) is 25.5. The summed E-state index contributed by atoms with van der Waals surface area (Å²) in [5, 5.41) is 4.86. The number of aryl methyl sites for hydroxylation is 2. The van der Waals surface area contributed by atoms with Gasteiger partial charge < -0.3 is 19.1 Å². The largest absolute Gasteiger partial charge is 0.490 e. The predicted octanol–water partition coefficient (Wildman–Crippen LogP) is 7.09. The second-order valence-corrected chi connectivity index (χ2v) is 16.8. The van der Waals surface area contributed by atoms with E-state index in [4.69, 9.17) is 25.8 Å². The first-order valence-electron chi connectivity index (χ1n) is 18.3. The Morgan fingerprint density at radius 3 is 2.79 bits per heavy atom. The molecule has 53 heavy (non-hydrogen) atoms. The van der Waals surface area contributed by atoms with Gasteiger partial charge in [-0.25, -0.2) is 4.21 Å². The minimum Gasteiger partial charge on any atom is -0.490 e. The zero-order valence-electron chi connectivity index (χ0n) is 31.0. The van der Waals surface area contributed by atoms with E-state index in [1.54, 1.807) is 26.3 Å². The van der Waals surface area contributed by atoms with Crippen molar-refractivity contribution in [3.8, 4) is 11.6 Å². The number of methoxy groups -OCH3 is 2. The molecule has 2 amide bonds. The van der Waals surface area contributed by atoms with Crippen molar-refractivity contribution in [3.05, 3.63) is 94.7 Å². The number of nitrogens with one attached hydrogen (secondary N) is 1. The summed E-state index contributed by atoms with van der Waals surface area (Å²) in [4.78, 5) is 29.8. The molecule has 11 nitrogen and oxygen atoms in total. The van der Waals surface area contributed by atoms with E-state index < -0.39 is 21.7 Å². The van der Waals surface area contributed by atoms with Crippen LogP contribution in [0.15, 0.2) is 71.8 Å². The van der Waals surface area contributed by atoms with Crippen molar-refractivity contribution in [1.82, 2.24) is 14.5 Å². The van der Waals surface area contributed by atoms with Crippen molar-refractivity contribution in [2.75, 3.05) is 44.6 Å². The summed E-state index contributed by atoms with van der Waals surface area (Å²) in [5.41, 5.74) is 3.34. The van der Waals surface area contributed by atoms with Crippen LogP contribution in [0.25, 0.3) is 0 Å². The fourth-order valence-electron chi connectivity index (χ4n) is 8.07. The normalized spacial score (nSPS) is 22.4. The molecule has 2 unspecified atom stereocenters. The first kappa shape index (κ1) is 38.6. The fraction of sp³-hybridized carbons (Fsp3) is 0.475. The standard InChI is InChI=1S/C40H50ClN5O6S/c1-6-8-9-10-20-53(49,44-38(48)32-24-45(3)42-39(32)51-5)43-37(47)28-14-18-36-34(22-28)46(23-29-13-16-31(29)35(7-2)50-4)25-40(26-52-36)19-11-12-27-21-30(41)15-17-33(27)40/h6-8,14-15,17-18,21-22,24,29,31,35H,2,9-13,16,19-20,23,25-26H2,1,3-5H3,(H,43,44,47,48,49)/b8-6-/t29-,31+,35?,40-,53?/m0/s1. The van der Waals surface area contributed by atoms with E-state index in [-0.39, 0.29) is 34.3 Å². The van der Waals surface area contributed by atoms with Gasteiger partial charge in [-0.1, -0.05) is 35.9 Å². The van der Waals surface area contributed by atoms with Crippen molar-refractivity contribution in [1.29, 1.82) is 0 Å². The molecule has 0 saturated heterocycles. The Balaban J connectivity index is 1.36. The third-order valence-corrected chi connectivity index (χ3v) is 12.9. The minimum atomic E-state index is -3.55. The van der Waals surface area contributed by atoms with E-state index in [0.29, 0.717) is 43.6 Å². The summed E-state index contributed by atoms with van der Waals surface area (Å²) in [6, 6.07) is 11.5. The summed E-state index contributed by atoms with van der Waals surface area (Å²) in [6.45, 7) is 7.82. The molecule has 2 aromatic carbocycles. The molecule has 284 valence electrons. The van der Waals surface area contributed by atoms with Crippen LogP contribution in [0.1, 0.15) is 77.3 Å². The number of benzene rings is 2. The minimum absolute atomic E-state index is 0.0173. The molecule has 1 fully saturated rings. The zero-order chi connectivity index (χ0) is 37.8. The van der Waals surface area contributed by atoms with Gasteiger partial charge in [0.15, 0.2) is 0 Å². The molecule has 6 rings (SSSR count). The number of hydrogen-bond acceptors (Lipinski definition) is 8. The van der Waals surface area contributed by atoms with Crippen LogP contribution in [0.5, 0.6) is 11.6 Å². The van der Waals surface area contributed by atoms with Crippen molar-refractivity contribution in [2.45, 2.75) is 63.4 Å². The summed E-state index contributed by atoms with van der Waals surface area (Å²) >= 11 is 6.46. The van der Waals surface area contributed by atoms with Crippen LogP contribution >= 0.6 is 11.6 Å². The maximum Gasteiger partial charge on any atom is 0.286 e. The van der Waals surface area contributed by atoms with Gasteiger partial charge in [0.2, 0.25) is 5.88 Å². The molecule has 13 heteroatoms. The van der Waals surface area contributed by atoms with Crippen LogP contribution in [0, 0.1) is 11.8 Å². The lowest BCUT2D eigenvalue weighted by Gasteiger charge is -2.46.